The Balaban J connectivity index is 4.45. The van der Waals surface area contributed by atoms with Gasteiger partial charge in [0.05, 0.1) is 0 Å². The van der Waals surface area contributed by atoms with E-state index in [1.165, 1.54) is 12.8 Å². The Labute approximate surface area is 135 Å². The summed E-state index contributed by atoms with van der Waals surface area (Å²) >= 11 is -0.966. The molecule has 0 saturated heterocycles. The van der Waals surface area contributed by atoms with Crippen LogP contribution in [-0.4, -0.2) is 48.5 Å². The average Bonchev–Trinajstić information content (AvgIpc) is 2.39. The molecule has 0 aliphatic heterocycles. The zero-order valence-electron chi connectivity index (χ0n) is 14.0. The van der Waals surface area contributed by atoms with Crippen LogP contribution in [-0.2, 0) is 6.15 Å². The predicted octanol–water partition coefficient (Wildman–Crippen LogP) is 4.09. The Morgan fingerprint density at radius 3 is 2.00 bits per heavy atom. The van der Waals surface area contributed by atoms with Crippen LogP contribution in [0.1, 0.15) is 59.3 Å². The van der Waals surface area contributed by atoms with Crippen LogP contribution < -0.4 is 5.73 Å². The molecule has 0 aromatic rings. The van der Waals surface area contributed by atoms with Crippen molar-refractivity contribution in [2.24, 2.45) is 5.73 Å². The van der Waals surface area contributed by atoms with Crippen molar-refractivity contribution < 1.29 is 6.15 Å². The first-order chi connectivity index (χ1) is 9.60. The monoisotopic (exact) mass is 413 g/mol. The summed E-state index contributed by atoms with van der Waals surface area (Å²) in [6, 6.07) is 0.291. The average molecular weight is 412 g/mol. The molecule has 0 bridgehead atoms. The van der Waals surface area contributed by atoms with Crippen molar-refractivity contribution in [1.29, 1.82) is 0 Å². The summed E-state index contributed by atoms with van der Waals surface area (Å²) in [7, 11) is 0. The molecule has 0 aromatic heterocycles. The first kappa shape index (κ1) is 21.0. The first-order valence-corrected chi connectivity index (χ1v) is 15.9. The molecule has 1 atom stereocenters. The van der Waals surface area contributed by atoms with Crippen molar-refractivity contribution in [2.45, 2.75) is 69.8 Å². The second kappa shape index (κ2) is 13.7. The SMILES string of the molecule is CCCC[O][Sn]([CH2]CCC(C)N)([CH2]SC)[O]CCCC. The van der Waals surface area contributed by atoms with Crippen molar-refractivity contribution in [2.75, 3.05) is 23.2 Å². The Bertz CT molecular complexity index is 208. The van der Waals surface area contributed by atoms with Crippen LogP contribution in [0.2, 0.25) is 4.44 Å². The van der Waals surface area contributed by atoms with E-state index in [9.17, 15) is 0 Å². The Kier molecular flexibility index (Phi) is 14.4. The molecule has 0 fully saturated rings. The molecule has 2 N–H and O–H groups in total. The second-order valence-corrected chi connectivity index (χ2v) is 17.2. The summed E-state index contributed by atoms with van der Waals surface area (Å²) in [5.41, 5.74) is 5.88. The maximum atomic E-state index is 6.37. The number of nitrogens with two attached hydrogens (primary N) is 1. The predicted molar refractivity (Wildman–Crippen MR) is 93.5 cm³/mol. The van der Waals surface area contributed by atoms with Crippen LogP contribution in [0, 0.1) is 0 Å². The second-order valence-electron chi connectivity index (χ2n) is 5.62. The van der Waals surface area contributed by atoms with Gasteiger partial charge in [-0.25, -0.2) is 0 Å². The van der Waals surface area contributed by atoms with E-state index in [4.69, 9.17) is 11.9 Å². The molecule has 0 spiro atoms. The van der Waals surface area contributed by atoms with Crippen LogP contribution in [0.4, 0.5) is 0 Å². The van der Waals surface area contributed by atoms with Crippen molar-refractivity contribution in [3.8, 4) is 0 Å². The van der Waals surface area contributed by atoms with Gasteiger partial charge in [-0.05, 0) is 0 Å². The Hall–Kier alpha value is 1.03. The van der Waals surface area contributed by atoms with Gasteiger partial charge in [0.1, 0.15) is 0 Å². The van der Waals surface area contributed by atoms with Gasteiger partial charge in [0.25, 0.3) is 0 Å². The fourth-order valence-corrected chi connectivity index (χ4v) is 15.4. The van der Waals surface area contributed by atoms with Crippen molar-refractivity contribution in [1.82, 2.24) is 0 Å². The molecule has 0 aliphatic rings. The van der Waals surface area contributed by atoms with Crippen LogP contribution in [0.5, 0.6) is 0 Å². The minimum atomic E-state index is -2.86. The third-order valence-electron chi connectivity index (χ3n) is 3.31. The first-order valence-electron chi connectivity index (χ1n) is 8.12. The molecule has 20 heavy (non-hydrogen) atoms. The molecule has 3 nitrogen and oxygen atoms in total. The van der Waals surface area contributed by atoms with Gasteiger partial charge in [-0.2, -0.15) is 0 Å². The van der Waals surface area contributed by atoms with Gasteiger partial charge in [-0.15, -0.1) is 0 Å². The van der Waals surface area contributed by atoms with E-state index in [1.807, 2.05) is 11.8 Å². The van der Waals surface area contributed by atoms with Crippen LogP contribution in [0.3, 0.4) is 0 Å². The number of unbranched alkanes of at least 4 members (excludes halogenated alkanes) is 2. The van der Waals surface area contributed by atoms with Gasteiger partial charge in [-0.1, -0.05) is 0 Å². The number of rotatable bonds is 14. The maximum absolute atomic E-state index is 6.37. The van der Waals surface area contributed by atoms with Crippen LogP contribution in [0.25, 0.3) is 0 Å². The summed E-state index contributed by atoms with van der Waals surface area (Å²) in [4.78, 5) is 0. The van der Waals surface area contributed by atoms with Gasteiger partial charge >= 0.3 is 136 Å². The molecule has 0 rings (SSSR count). The quantitative estimate of drug-likeness (QED) is 0.345. The topological polar surface area (TPSA) is 44.5 Å². The van der Waals surface area contributed by atoms with Gasteiger partial charge in [0, 0.05) is 0 Å². The molecule has 0 heterocycles. The van der Waals surface area contributed by atoms with Gasteiger partial charge in [0.15, 0.2) is 0 Å². The van der Waals surface area contributed by atoms with E-state index in [0.29, 0.717) is 6.04 Å². The summed E-state index contributed by atoms with van der Waals surface area (Å²) in [6.45, 7) is 8.28. The van der Waals surface area contributed by atoms with Crippen molar-refractivity contribution in [3.63, 3.8) is 0 Å². The summed E-state index contributed by atoms with van der Waals surface area (Å²) in [5, 5.41) is 0. The normalized spacial score (nSPS) is 13.7. The molecule has 0 aromatic carbocycles. The summed E-state index contributed by atoms with van der Waals surface area (Å²) < 4.78 is 15.0. The third kappa shape index (κ3) is 10.7. The van der Waals surface area contributed by atoms with Crippen LogP contribution >= 0.6 is 11.8 Å². The fraction of sp³-hybridized carbons (Fsp3) is 1.00. The molecule has 0 radical (unpaired) electrons. The Morgan fingerprint density at radius 2 is 1.60 bits per heavy atom. The summed E-state index contributed by atoms with van der Waals surface area (Å²) in [6.07, 6.45) is 9.10. The fourth-order valence-electron chi connectivity index (χ4n) is 2.06. The molecule has 0 amide bonds. The Morgan fingerprint density at radius 1 is 1.05 bits per heavy atom. The molecule has 122 valence electrons. The zero-order valence-corrected chi connectivity index (χ0v) is 17.6. The van der Waals surface area contributed by atoms with Gasteiger partial charge < -0.3 is 0 Å². The van der Waals surface area contributed by atoms with E-state index < -0.39 is 19.2 Å². The van der Waals surface area contributed by atoms with E-state index in [0.717, 1.165) is 47.1 Å². The molecule has 1 unspecified atom stereocenters. The van der Waals surface area contributed by atoms with Crippen LogP contribution in [0.15, 0.2) is 0 Å². The van der Waals surface area contributed by atoms with E-state index in [1.54, 1.807) is 0 Å². The summed E-state index contributed by atoms with van der Waals surface area (Å²) in [5.74, 6) is 0. The van der Waals surface area contributed by atoms with Gasteiger partial charge in [-0.3, -0.25) is 0 Å². The van der Waals surface area contributed by atoms with E-state index in [-0.39, 0.29) is 0 Å². The van der Waals surface area contributed by atoms with Gasteiger partial charge in [0.2, 0.25) is 0 Å². The molecular formula is C15H35NO2SSn. The number of thioether (sulfide) groups is 1. The number of hydrogen-bond donors (Lipinski definition) is 1. The van der Waals surface area contributed by atoms with Crippen molar-refractivity contribution >= 4 is 31.0 Å². The molecular weight excluding hydrogens is 377 g/mol. The van der Waals surface area contributed by atoms with E-state index >= 15 is 0 Å². The molecule has 5 heteroatoms. The zero-order chi connectivity index (χ0) is 15.3. The number of hydrogen-bond acceptors (Lipinski definition) is 4. The van der Waals surface area contributed by atoms with Crippen molar-refractivity contribution in [3.05, 3.63) is 0 Å². The molecule has 0 aliphatic carbocycles. The standard InChI is InChI=1S/C5H12N.2C4H9O.C2H5S.Sn/c1-3-4-5(2)6;2*1-2-3-4-5;1-3-2;/h5H,1,3-4,6H2,2H3;2*2-4H2,1H3;1H2,2H3;/q;2*-1;;+2. The molecule has 0 saturated carbocycles. The third-order valence-corrected chi connectivity index (χ3v) is 17.6. The van der Waals surface area contributed by atoms with E-state index in [2.05, 4.69) is 27.0 Å². The minimum absolute atomic E-state index is 0.291.